The van der Waals surface area contributed by atoms with E-state index in [0.29, 0.717) is 6.42 Å². The van der Waals surface area contributed by atoms with Crippen LogP contribution in [0.2, 0.25) is 0 Å². The molecule has 2 N–H and O–H groups in total. The van der Waals surface area contributed by atoms with Crippen LogP contribution in [0.1, 0.15) is 25.8 Å². The molecular formula is C17H20N2O2. The maximum atomic E-state index is 11.3. The quantitative estimate of drug-likeness (QED) is 0.833. The fraction of sp³-hybridized carbons (Fsp3) is 0.353. The van der Waals surface area contributed by atoms with Gasteiger partial charge in [-0.3, -0.25) is 10.2 Å². The zero-order valence-corrected chi connectivity index (χ0v) is 12.3. The number of nitrogens with one attached hydrogen (secondary N) is 2. The summed E-state index contributed by atoms with van der Waals surface area (Å²) >= 11 is 0. The topological polar surface area (TPSA) is 50.4 Å². The van der Waals surface area contributed by atoms with Crippen LogP contribution in [-0.4, -0.2) is 18.6 Å². The van der Waals surface area contributed by atoms with Gasteiger partial charge in [0, 0.05) is 6.42 Å². The number of hydrogen-bond donors (Lipinski definition) is 2. The third kappa shape index (κ3) is 4.11. The van der Waals surface area contributed by atoms with Crippen LogP contribution in [0.4, 0.5) is 0 Å². The van der Waals surface area contributed by atoms with E-state index in [0.717, 1.165) is 16.9 Å². The third-order valence-electron chi connectivity index (χ3n) is 3.51. The van der Waals surface area contributed by atoms with Gasteiger partial charge < -0.3 is 4.74 Å². The van der Waals surface area contributed by atoms with E-state index in [1.165, 1.54) is 0 Å². The molecule has 110 valence electrons. The minimum atomic E-state index is 0.0382. The molecule has 2 unspecified atom stereocenters. The lowest BCUT2D eigenvalue weighted by atomic mass is 9.90. The van der Waals surface area contributed by atoms with Gasteiger partial charge in [-0.15, -0.1) is 6.42 Å². The molecule has 1 saturated heterocycles. The Labute approximate surface area is 125 Å². The van der Waals surface area contributed by atoms with Crippen LogP contribution in [0.5, 0.6) is 5.75 Å². The van der Waals surface area contributed by atoms with E-state index in [1.807, 2.05) is 24.3 Å². The molecule has 21 heavy (non-hydrogen) atoms. The number of terminal acetylenes is 1. The van der Waals surface area contributed by atoms with Crippen molar-refractivity contribution in [1.82, 2.24) is 10.9 Å². The normalized spacial score (nSPS) is 22.3. The van der Waals surface area contributed by atoms with Gasteiger partial charge in [-0.25, -0.2) is 5.43 Å². The molecule has 0 aliphatic carbocycles. The minimum Gasteiger partial charge on any atom is -0.481 e. The van der Waals surface area contributed by atoms with Crippen LogP contribution in [0.15, 0.2) is 29.8 Å². The van der Waals surface area contributed by atoms with Crippen LogP contribution >= 0.6 is 0 Å². The Kier molecular flexibility index (Phi) is 5.02. The summed E-state index contributed by atoms with van der Waals surface area (Å²) in [5.74, 6) is 3.51. The first-order valence-electron chi connectivity index (χ1n) is 6.99. The van der Waals surface area contributed by atoms with Crippen molar-refractivity contribution in [3.8, 4) is 18.1 Å². The van der Waals surface area contributed by atoms with Crippen molar-refractivity contribution in [2.24, 2.45) is 5.92 Å². The Bertz CT molecular complexity index is 587. The van der Waals surface area contributed by atoms with Crippen molar-refractivity contribution >= 4 is 12.0 Å². The number of hydrogen-bond acceptors (Lipinski definition) is 3. The maximum absolute atomic E-state index is 11.3. The lowest BCUT2D eigenvalue weighted by molar-refractivity contribution is -0.125. The van der Waals surface area contributed by atoms with Gasteiger partial charge in [0.2, 0.25) is 5.91 Å². The number of ether oxygens (including phenoxy) is 1. The van der Waals surface area contributed by atoms with Gasteiger partial charge in [0.1, 0.15) is 12.4 Å². The molecule has 1 aliphatic rings. The number of rotatable bonds is 4. The summed E-state index contributed by atoms with van der Waals surface area (Å²) in [5.41, 5.74) is 7.97. The van der Waals surface area contributed by atoms with Crippen molar-refractivity contribution in [1.29, 1.82) is 0 Å². The number of carbonyl (C=O) groups is 1. The smallest absolute Gasteiger partial charge is 0.234 e. The summed E-state index contributed by atoms with van der Waals surface area (Å²) in [6, 6.07) is 7.92. The van der Waals surface area contributed by atoms with Crippen LogP contribution in [-0.2, 0) is 4.79 Å². The van der Waals surface area contributed by atoms with Gasteiger partial charge in [-0.1, -0.05) is 36.6 Å². The fourth-order valence-corrected chi connectivity index (χ4v) is 2.50. The molecule has 4 heteroatoms. The number of hydrazine groups is 1. The first-order chi connectivity index (χ1) is 10.1. The molecule has 1 aromatic carbocycles. The van der Waals surface area contributed by atoms with Gasteiger partial charge in [-0.05, 0) is 30.5 Å². The average molecular weight is 284 g/mol. The molecule has 2 atom stereocenters. The van der Waals surface area contributed by atoms with E-state index in [-0.39, 0.29) is 24.5 Å². The third-order valence-corrected chi connectivity index (χ3v) is 3.51. The summed E-state index contributed by atoms with van der Waals surface area (Å²) in [7, 11) is 0. The molecular weight excluding hydrogens is 264 g/mol. The minimum absolute atomic E-state index is 0.0382. The summed E-state index contributed by atoms with van der Waals surface area (Å²) in [6.07, 6.45) is 7.82. The Morgan fingerprint density at radius 3 is 3.10 bits per heavy atom. The first-order valence-corrected chi connectivity index (χ1v) is 6.99. The molecule has 0 saturated carbocycles. The Balaban J connectivity index is 2.11. The molecule has 1 amide bonds. The van der Waals surface area contributed by atoms with E-state index in [9.17, 15) is 4.79 Å². The summed E-state index contributed by atoms with van der Waals surface area (Å²) in [4.78, 5) is 11.3. The average Bonchev–Trinajstić information content (AvgIpc) is 2.45. The molecule has 0 spiro atoms. The van der Waals surface area contributed by atoms with Crippen LogP contribution in [0.3, 0.4) is 0 Å². The Morgan fingerprint density at radius 2 is 2.38 bits per heavy atom. The molecule has 0 aromatic heterocycles. The van der Waals surface area contributed by atoms with Gasteiger partial charge in [0.25, 0.3) is 0 Å². The molecule has 1 fully saturated rings. The molecule has 2 rings (SSSR count). The van der Waals surface area contributed by atoms with E-state index in [2.05, 4.69) is 36.7 Å². The fourth-order valence-electron chi connectivity index (χ4n) is 2.50. The first kappa shape index (κ1) is 15.1. The lowest BCUT2D eigenvalue weighted by Crippen LogP contribution is -2.53. The van der Waals surface area contributed by atoms with E-state index >= 15 is 0 Å². The lowest BCUT2D eigenvalue weighted by Gasteiger charge is -2.30. The predicted molar refractivity (Wildman–Crippen MR) is 83.3 cm³/mol. The summed E-state index contributed by atoms with van der Waals surface area (Å²) < 4.78 is 5.42. The number of benzene rings is 1. The molecule has 1 aromatic rings. The van der Waals surface area contributed by atoms with Gasteiger partial charge in [0.15, 0.2) is 0 Å². The highest BCUT2D eigenvalue weighted by atomic mass is 16.5. The summed E-state index contributed by atoms with van der Waals surface area (Å²) in [6.45, 7) is 4.39. The van der Waals surface area contributed by atoms with E-state index in [4.69, 9.17) is 11.2 Å². The van der Waals surface area contributed by atoms with Gasteiger partial charge in [-0.2, -0.15) is 0 Å². The largest absolute Gasteiger partial charge is 0.481 e. The predicted octanol–water partition coefficient (Wildman–Crippen LogP) is 2.13. The highest BCUT2D eigenvalue weighted by Gasteiger charge is 2.26. The SMILES string of the molecule is C#CCOc1cccc(/C=C(\C)C2NNC(=O)CC2C)c1. The monoisotopic (exact) mass is 284 g/mol. The zero-order chi connectivity index (χ0) is 15.2. The maximum Gasteiger partial charge on any atom is 0.234 e. The van der Waals surface area contributed by atoms with Crippen molar-refractivity contribution in [3.63, 3.8) is 0 Å². The Hall–Kier alpha value is -2.25. The molecule has 4 nitrogen and oxygen atoms in total. The van der Waals surface area contributed by atoms with Crippen LogP contribution in [0.25, 0.3) is 6.08 Å². The van der Waals surface area contributed by atoms with Crippen LogP contribution in [0, 0.1) is 18.3 Å². The van der Waals surface area contributed by atoms with Crippen molar-refractivity contribution < 1.29 is 9.53 Å². The molecule has 0 bridgehead atoms. The van der Waals surface area contributed by atoms with E-state index < -0.39 is 0 Å². The van der Waals surface area contributed by atoms with Crippen molar-refractivity contribution in [2.75, 3.05) is 6.61 Å². The molecule has 0 radical (unpaired) electrons. The molecule has 1 heterocycles. The van der Waals surface area contributed by atoms with E-state index in [1.54, 1.807) is 0 Å². The zero-order valence-electron chi connectivity index (χ0n) is 12.3. The van der Waals surface area contributed by atoms with Crippen molar-refractivity contribution in [3.05, 3.63) is 35.4 Å². The standard InChI is InChI=1S/C17H20N2O2/c1-4-8-21-15-7-5-6-14(11-15)9-12(2)17-13(3)10-16(20)18-19-17/h1,5-7,9,11,13,17,19H,8,10H2,2-3H3,(H,18,20)/b12-9+. The van der Waals surface area contributed by atoms with Crippen molar-refractivity contribution in [2.45, 2.75) is 26.3 Å². The summed E-state index contributed by atoms with van der Waals surface area (Å²) in [5, 5.41) is 0. The highest BCUT2D eigenvalue weighted by Crippen LogP contribution is 2.22. The number of carbonyl (C=O) groups excluding carboxylic acids is 1. The van der Waals surface area contributed by atoms with Gasteiger partial charge in [0.05, 0.1) is 6.04 Å². The second-order valence-corrected chi connectivity index (χ2v) is 5.31. The number of amides is 1. The highest BCUT2D eigenvalue weighted by molar-refractivity contribution is 5.76. The van der Waals surface area contributed by atoms with Crippen LogP contribution < -0.4 is 15.6 Å². The Morgan fingerprint density at radius 1 is 1.57 bits per heavy atom. The molecule has 1 aliphatic heterocycles. The second-order valence-electron chi connectivity index (χ2n) is 5.31. The second kappa shape index (κ2) is 6.96. The van der Waals surface area contributed by atoms with Gasteiger partial charge >= 0.3 is 0 Å².